The summed E-state index contributed by atoms with van der Waals surface area (Å²) in [6, 6.07) is 3.92. The minimum Gasteiger partial charge on any atom is -0.477 e. The third-order valence-electron chi connectivity index (χ3n) is 2.92. The molecular weight excluding hydrogens is 232 g/mol. The van der Waals surface area contributed by atoms with Gasteiger partial charge < -0.3 is 5.11 Å². The molecule has 0 bridgehead atoms. The first-order valence-electron chi connectivity index (χ1n) is 5.54. The Morgan fingerprint density at radius 3 is 2.17 bits per heavy atom. The number of benzene rings is 1. The van der Waals surface area contributed by atoms with Crippen LogP contribution in [0.3, 0.4) is 0 Å². The Morgan fingerprint density at radius 2 is 1.67 bits per heavy atom. The number of carboxylic acids is 1. The first-order valence-corrected chi connectivity index (χ1v) is 5.54. The van der Waals surface area contributed by atoms with Gasteiger partial charge in [0.25, 0.3) is 5.56 Å². The molecule has 0 aliphatic heterocycles. The van der Waals surface area contributed by atoms with Crippen LogP contribution in [0, 0.1) is 20.8 Å². The van der Waals surface area contributed by atoms with E-state index in [9.17, 15) is 9.59 Å². The summed E-state index contributed by atoms with van der Waals surface area (Å²) in [5.41, 5.74) is 3.21. The summed E-state index contributed by atoms with van der Waals surface area (Å²) >= 11 is 0. The predicted molar refractivity (Wildman–Crippen MR) is 68.0 cm³/mol. The van der Waals surface area contributed by atoms with Crippen LogP contribution in [-0.2, 0) is 0 Å². The maximum Gasteiger partial charge on any atom is 0.343 e. The average Bonchev–Trinajstić information content (AvgIpc) is 2.58. The molecule has 0 amide bonds. The Kier molecular flexibility index (Phi) is 2.82. The van der Waals surface area contributed by atoms with Crippen molar-refractivity contribution in [1.82, 2.24) is 10.2 Å². The summed E-state index contributed by atoms with van der Waals surface area (Å²) in [7, 11) is 0. The van der Waals surface area contributed by atoms with Gasteiger partial charge in [0.1, 0.15) is 0 Å². The Balaban J connectivity index is 2.78. The van der Waals surface area contributed by atoms with Gasteiger partial charge in [0.05, 0.1) is 5.69 Å². The number of carboxylic acid groups (broad SMARTS) is 1. The number of carbonyl (C=O) groups is 1. The summed E-state index contributed by atoms with van der Waals surface area (Å²) in [6.07, 6.45) is 0. The molecule has 1 heterocycles. The molecule has 94 valence electrons. The molecular formula is C13H14N2O3. The van der Waals surface area contributed by atoms with E-state index in [0.717, 1.165) is 22.3 Å². The molecule has 5 nitrogen and oxygen atoms in total. The SMILES string of the molecule is Cc1cc(C)c(-c2[nH][nH]c(=O)c2C(=O)O)c(C)c1. The van der Waals surface area contributed by atoms with Crippen molar-refractivity contribution < 1.29 is 9.90 Å². The summed E-state index contributed by atoms with van der Waals surface area (Å²) < 4.78 is 0. The van der Waals surface area contributed by atoms with Crippen LogP contribution in [0.25, 0.3) is 11.3 Å². The summed E-state index contributed by atoms with van der Waals surface area (Å²) in [6.45, 7) is 5.76. The van der Waals surface area contributed by atoms with E-state index in [1.807, 2.05) is 32.9 Å². The van der Waals surface area contributed by atoms with E-state index in [4.69, 9.17) is 5.11 Å². The number of hydrogen-bond acceptors (Lipinski definition) is 2. The Labute approximate surface area is 103 Å². The molecule has 1 aromatic carbocycles. The quantitative estimate of drug-likeness (QED) is 0.757. The summed E-state index contributed by atoms with van der Waals surface area (Å²) in [4.78, 5) is 22.6. The van der Waals surface area contributed by atoms with Crippen LogP contribution >= 0.6 is 0 Å². The fraction of sp³-hybridized carbons (Fsp3) is 0.231. The van der Waals surface area contributed by atoms with E-state index in [1.54, 1.807) is 0 Å². The van der Waals surface area contributed by atoms with Gasteiger partial charge in [0.2, 0.25) is 0 Å². The zero-order valence-corrected chi connectivity index (χ0v) is 10.4. The molecule has 0 aliphatic rings. The number of rotatable bonds is 2. The lowest BCUT2D eigenvalue weighted by atomic mass is 9.95. The van der Waals surface area contributed by atoms with Crippen LogP contribution in [0.2, 0.25) is 0 Å². The van der Waals surface area contributed by atoms with Crippen molar-refractivity contribution in [3.05, 3.63) is 44.7 Å². The second kappa shape index (κ2) is 4.18. The molecule has 0 saturated carbocycles. The Hall–Kier alpha value is -2.30. The van der Waals surface area contributed by atoms with Crippen LogP contribution in [-0.4, -0.2) is 21.3 Å². The van der Waals surface area contributed by atoms with E-state index in [2.05, 4.69) is 10.2 Å². The number of aromatic amines is 2. The fourth-order valence-electron chi connectivity index (χ4n) is 2.32. The summed E-state index contributed by atoms with van der Waals surface area (Å²) in [5, 5.41) is 14.1. The van der Waals surface area contributed by atoms with E-state index >= 15 is 0 Å². The molecule has 2 rings (SSSR count). The minimum atomic E-state index is -1.23. The molecule has 3 N–H and O–H groups in total. The number of aromatic nitrogens is 2. The maximum atomic E-state index is 11.5. The highest BCUT2D eigenvalue weighted by Gasteiger charge is 2.21. The maximum absolute atomic E-state index is 11.5. The van der Waals surface area contributed by atoms with Crippen LogP contribution in [0.1, 0.15) is 27.0 Å². The molecule has 0 spiro atoms. The first-order chi connectivity index (χ1) is 8.41. The van der Waals surface area contributed by atoms with Gasteiger partial charge in [0.15, 0.2) is 5.56 Å². The Morgan fingerprint density at radius 1 is 1.11 bits per heavy atom. The first kappa shape index (κ1) is 12.2. The molecule has 0 atom stereocenters. The number of aryl methyl sites for hydroxylation is 3. The predicted octanol–water partition coefficient (Wildman–Crippen LogP) is 1.99. The van der Waals surface area contributed by atoms with Crippen molar-refractivity contribution in [3.63, 3.8) is 0 Å². The Bertz CT molecular complexity index is 657. The number of nitrogens with one attached hydrogen (secondary N) is 2. The van der Waals surface area contributed by atoms with Gasteiger partial charge in [-0.2, -0.15) is 0 Å². The second-order valence-corrected chi connectivity index (χ2v) is 4.41. The van der Waals surface area contributed by atoms with Gasteiger partial charge in [-0.05, 0) is 31.9 Å². The van der Waals surface area contributed by atoms with Crippen LogP contribution in [0.15, 0.2) is 16.9 Å². The number of hydrogen-bond donors (Lipinski definition) is 3. The van der Waals surface area contributed by atoms with Crippen molar-refractivity contribution in [1.29, 1.82) is 0 Å². The largest absolute Gasteiger partial charge is 0.477 e. The average molecular weight is 246 g/mol. The number of H-pyrrole nitrogens is 2. The molecule has 0 aliphatic carbocycles. The third kappa shape index (κ3) is 1.84. The molecule has 0 fully saturated rings. The lowest BCUT2D eigenvalue weighted by Crippen LogP contribution is -2.12. The van der Waals surface area contributed by atoms with Crippen LogP contribution in [0.4, 0.5) is 0 Å². The highest BCUT2D eigenvalue weighted by atomic mass is 16.4. The molecule has 2 aromatic rings. The highest BCUT2D eigenvalue weighted by Crippen LogP contribution is 2.28. The van der Waals surface area contributed by atoms with Gasteiger partial charge in [0, 0.05) is 5.56 Å². The van der Waals surface area contributed by atoms with Gasteiger partial charge in [-0.25, -0.2) is 4.79 Å². The van der Waals surface area contributed by atoms with Gasteiger partial charge in [-0.1, -0.05) is 17.7 Å². The molecule has 5 heteroatoms. The van der Waals surface area contributed by atoms with Crippen molar-refractivity contribution in [2.24, 2.45) is 0 Å². The zero-order chi connectivity index (χ0) is 13.4. The van der Waals surface area contributed by atoms with Crippen molar-refractivity contribution in [2.45, 2.75) is 20.8 Å². The standard InChI is InChI=1S/C13H14N2O3/c1-6-4-7(2)9(8(3)5-6)11-10(13(17)18)12(16)15-14-11/h4-5H,1-3H3,(H,17,18)(H2,14,15,16). The molecule has 0 radical (unpaired) electrons. The minimum absolute atomic E-state index is 0.245. The molecule has 0 saturated heterocycles. The highest BCUT2D eigenvalue weighted by molar-refractivity contribution is 5.95. The van der Waals surface area contributed by atoms with E-state index in [1.165, 1.54) is 0 Å². The molecule has 1 aromatic heterocycles. The number of aromatic carboxylic acids is 1. The van der Waals surface area contributed by atoms with E-state index in [0.29, 0.717) is 5.69 Å². The van der Waals surface area contributed by atoms with Gasteiger partial charge in [-0.15, -0.1) is 0 Å². The van der Waals surface area contributed by atoms with Crippen molar-refractivity contribution >= 4 is 5.97 Å². The zero-order valence-electron chi connectivity index (χ0n) is 10.4. The monoisotopic (exact) mass is 246 g/mol. The lowest BCUT2D eigenvalue weighted by Gasteiger charge is -2.10. The smallest absolute Gasteiger partial charge is 0.343 e. The van der Waals surface area contributed by atoms with Gasteiger partial charge in [-0.3, -0.25) is 15.0 Å². The van der Waals surface area contributed by atoms with E-state index in [-0.39, 0.29) is 5.56 Å². The van der Waals surface area contributed by atoms with Crippen LogP contribution < -0.4 is 5.56 Å². The van der Waals surface area contributed by atoms with E-state index < -0.39 is 11.5 Å². The van der Waals surface area contributed by atoms with Crippen molar-refractivity contribution in [3.8, 4) is 11.3 Å². The second-order valence-electron chi connectivity index (χ2n) is 4.41. The molecule has 0 unspecified atom stereocenters. The third-order valence-corrected chi connectivity index (χ3v) is 2.92. The topological polar surface area (TPSA) is 86.0 Å². The molecule has 18 heavy (non-hydrogen) atoms. The normalized spacial score (nSPS) is 10.6. The van der Waals surface area contributed by atoms with Gasteiger partial charge >= 0.3 is 5.97 Å². The fourth-order valence-corrected chi connectivity index (χ4v) is 2.32. The summed E-state index contributed by atoms with van der Waals surface area (Å²) in [5.74, 6) is -1.23. The van der Waals surface area contributed by atoms with Crippen LogP contribution in [0.5, 0.6) is 0 Å². The van der Waals surface area contributed by atoms with Crippen molar-refractivity contribution in [2.75, 3.05) is 0 Å². The lowest BCUT2D eigenvalue weighted by molar-refractivity contribution is 0.0696.